The summed E-state index contributed by atoms with van der Waals surface area (Å²) >= 11 is 0. The standard InChI is InChI=1S/C6H14O3.2CHNO.CH4O/c1-2-6(3-7,4-8)5-9;2*2-1-3;1-2/h7-9H,2-5H2,1H3;2*2H;2H,1H3. The highest BCUT2D eigenvalue weighted by atomic mass is 16.3. The van der Waals surface area contributed by atoms with Gasteiger partial charge in [-0.25, -0.2) is 20.4 Å². The first kappa shape index (κ1) is 24.7. The van der Waals surface area contributed by atoms with E-state index in [-0.39, 0.29) is 19.8 Å². The maximum absolute atomic E-state index is 8.66. The Morgan fingerprint density at radius 3 is 1.12 bits per heavy atom. The third kappa shape index (κ3) is 20.6. The fourth-order valence-corrected chi connectivity index (χ4v) is 0.485. The normalized spacial score (nSPS) is 7.65. The van der Waals surface area contributed by atoms with Gasteiger partial charge in [0.15, 0.2) is 0 Å². The Labute approximate surface area is 99.5 Å². The summed E-state index contributed by atoms with van der Waals surface area (Å²) in [4.78, 5) is 16.7. The Morgan fingerprint density at radius 2 is 1.12 bits per heavy atom. The van der Waals surface area contributed by atoms with Crippen molar-refractivity contribution in [1.29, 1.82) is 10.8 Å². The molecule has 0 saturated carbocycles. The molecule has 0 radical (unpaired) electrons. The van der Waals surface area contributed by atoms with E-state index in [4.69, 9.17) is 40.8 Å². The lowest BCUT2D eigenvalue weighted by Gasteiger charge is -2.24. The van der Waals surface area contributed by atoms with Crippen LogP contribution < -0.4 is 0 Å². The quantitative estimate of drug-likeness (QED) is 0.271. The average molecular weight is 252 g/mol. The van der Waals surface area contributed by atoms with E-state index in [0.29, 0.717) is 6.42 Å². The fraction of sp³-hybridized carbons (Fsp3) is 0.778. The van der Waals surface area contributed by atoms with E-state index < -0.39 is 5.41 Å². The Morgan fingerprint density at radius 1 is 0.941 bits per heavy atom. The van der Waals surface area contributed by atoms with Crippen LogP contribution in [0.3, 0.4) is 0 Å². The maximum atomic E-state index is 8.66. The van der Waals surface area contributed by atoms with Gasteiger partial charge in [-0.3, -0.25) is 0 Å². The zero-order valence-corrected chi connectivity index (χ0v) is 9.93. The van der Waals surface area contributed by atoms with Crippen LogP contribution in [0, 0.1) is 16.2 Å². The highest BCUT2D eigenvalue weighted by Crippen LogP contribution is 2.18. The van der Waals surface area contributed by atoms with Crippen LogP contribution in [-0.2, 0) is 9.59 Å². The van der Waals surface area contributed by atoms with Crippen molar-refractivity contribution in [3.05, 3.63) is 0 Å². The molecule has 0 aromatic carbocycles. The Balaban J connectivity index is -0.0000000879. The molecule has 0 saturated heterocycles. The third-order valence-electron chi connectivity index (χ3n) is 1.76. The molecule has 102 valence electrons. The summed E-state index contributed by atoms with van der Waals surface area (Å²) in [6, 6.07) is 0. The smallest absolute Gasteiger partial charge is 0.231 e. The van der Waals surface area contributed by atoms with Crippen molar-refractivity contribution in [2.45, 2.75) is 13.3 Å². The summed E-state index contributed by atoms with van der Waals surface area (Å²) < 4.78 is 0. The van der Waals surface area contributed by atoms with Crippen LogP contribution in [0.15, 0.2) is 0 Å². The topological polar surface area (TPSA) is 163 Å². The minimum Gasteiger partial charge on any atom is -0.400 e. The minimum atomic E-state index is -0.667. The second kappa shape index (κ2) is 24.0. The van der Waals surface area contributed by atoms with Crippen LogP contribution in [0.5, 0.6) is 0 Å². The SMILES string of the molecule is CCC(CO)(CO)CO.CO.N=C=O.N=C=O. The minimum absolute atomic E-state index is 0.156. The third-order valence-corrected chi connectivity index (χ3v) is 1.76. The molecule has 0 aliphatic rings. The van der Waals surface area contributed by atoms with Crippen molar-refractivity contribution < 1.29 is 30.0 Å². The molecule has 0 aliphatic carbocycles. The average Bonchev–Trinajstić information content (AvgIpc) is 2.37. The molecule has 0 rings (SSSR count). The van der Waals surface area contributed by atoms with E-state index >= 15 is 0 Å². The van der Waals surface area contributed by atoms with Crippen molar-refractivity contribution in [1.82, 2.24) is 0 Å². The molecule has 0 atom stereocenters. The highest BCUT2D eigenvalue weighted by Gasteiger charge is 2.24. The van der Waals surface area contributed by atoms with Gasteiger partial charge in [0.1, 0.15) is 0 Å². The summed E-state index contributed by atoms with van der Waals surface area (Å²) in [5, 5.41) is 43.8. The molecule has 8 heteroatoms. The van der Waals surface area contributed by atoms with Crippen LogP contribution in [-0.4, -0.2) is 59.5 Å². The van der Waals surface area contributed by atoms with E-state index in [2.05, 4.69) is 0 Å². The molecule has 0 bridgehead atoms. The summed E-state index contributed by atoms with van der Waals surface area (Å²) in [5.74, 6) is 0. The predicted molar refractivity (Wildman–Crippen MR) is 59.0 cm³/mol. The zero-order chi connectivity index (χ0) is 14.7. The number of nitrogens with one attached hydrogen (secondary N) is 2. The van der Waals surface area contributed by atoms with Gasteiger partial charge < -0.3 is 20.4 Å². The van der Waals surface area contributed by atoms with Crippen molar-refractivity contribution in [3.63, 3.8) is 0 Å². The van der Waals surface area contributed by atoms with Gasteiger partial charge in [-0.15, -0.1) is 0 Å². The first-order chi connectivity index (χ1) is 8.07. The van der Waals surface area contributed by atoms with Gasteiger partial charge in [0.2, 0.25) is 12.2 Å². The molecule has 0 spiro atoms. The molecule has 0 unspecified atom stereocenters. The van der Waals surface area contributed by atoms with Gasteiger partial charge in [-0.1, -0.05) is 6.92 Å². The molecule has 8 nitrogen and oxygen atoms in total. The highest BCUT2D eigenvalue weighted by molar-refractivity contribution is 5.26. The fourth-order valence-electron chi connectivity index (χ4n) is 0.485. The van der Waals surface area contributed by atoms with Crippen molar-refractivity contribution in [3.8, 4) is 0 Å². The number of hydrogen-bond acceptors (Lipinski definition) is 8. The van der Waals surface area contributed by atoms with Crippen molar-refractivity contribution in [2.24, 2.45) is 5.41 Å². The first-order valence-electron chi connectivity index (χ1n) is 4.43. The lowest BCUT2D eigenvalue weighted by molar-refractivity contribution is 0.00304. The molecule has 17 heavy (non-hydrogen) atoms. The van der Waals surface area contributed by atoms with Gasteiger partial charge in [0, 0.05) is 12.5 Å². The van der Waals surface area contributed by atoms with Gasteiger partial charge >= 0.3 is 0 Å². The maximum Gasteiger partial charge on any atom is 0.231 e. The second-order valence-electron chi connectivity index (χ2n) is 2.53. The van der Waals surface area contributed by atoms with Gasteiger partial charge in [0.05, 0.1) is 19.8 Å². The Kier molecular flexibility index (Phi) is 34.9. The zero-order valence-electron chi connectivity index (χ0n) is 9.93. The number of aliphatic hydroxyl groups excluding tert-OH is 4. The molecule has 0 aliphatic heterocycles. The van der Waals surface area contributed by atoms with Gasteiger partial charge in [-0.2, -0.15) is 0 Å². The van der Waals surface area contributed by atoms with Crippen LogP contribution in [0.1, 0.15) is 13.3 Å². The Hall–Kier alpha value is -1.40. The van der Waals surface area contributed by atoms with Crippen LogP contribution in [0.25, 0.3) is 0 Å². The van der Waals surface area contributed by atoms with Crippen LogP contribution in [0.2, 0.25) is 0 Å². The van der Waals surface area contributed by atoms with Crippen molar-refractivity contribution in [2.75, 3.05) is 26.9 Å². The molecular weight excluding hydrogens is 232 g/mol. The molecule has 0 aromatic rings. The van der Waals surface area contributed by atoms with E-state index in [1.54, 1.807) is 0 Å². The number of hydrogen-bond donors (Lipinski definition) is 6. The van der Waals surface area contributed by atoms with E-state index in [1.165, 1.54) is 0 Å². The molecule has 0 aromatic heterocycles. The number of aliphatic hydroxyl groups is 4. The van der Waals surface area contributed by atoms with Crippen molar-refractivity contribution >= 4 is 12.2 Å². The molecule has 0 amide bonds. The largest absolute Gasteiger partial charge is 0.400 e. The summed E-state index contributed by atoms with van der Waals surface area (Å²) in [5.41, 5.74) is -0.667. The van der Waals surface area contributed by atoms with E-state index in [9.17, 15) is 0 Å². The lowest BCUT2D eigenvalue weighted by atomic mass is 9.88. The molecular formula is C9H20N2O6. The van der Waals surface area contributed by atoms with E-state index in [0.717, 1.165) is 19.3 Å². The van der Waals surface area contributed by atoms with E-state index in [1.807, 2.05) is 6.92 Å². The summed E-state index contributed by atoms with van der Waals surface area (Å²) in [7, 11) is 1.00. The monoisotopic (exact) mass is 252 g/mol. The molecule has 6 N–H and O–H groups in total. The van der Waals surface area contributed by atoms with Crippen LogP contribution in [0.4, 0.5) is 0 Å². The second-order valence-corrected chi connectivity index (χ2v) is 2.53. The molecule has 0 fully saturated rings. The molecule has 0 heterocycles. The van der Waals surface area contributed by atoms with Gasteiger partial charge in [-0.05, 0) is 6.42 Å². The lowest BCUT2D eigenvalue weighted by Crippen LogP contribution is -2.32. The first-order valence-corrected chi connectivity index (χ1v) is 4.43. The number of carbonyl (C=O) groups excluding carboxylic acids is 2. The number of rotatable bonds is 4. The Bertz CT molecular complexity index is 164. The predicted octanol–water partition coefficient (Wildman–Crippen LogP) is -1.23. The number of isocyanates is 2. The van der Waals surface area contributed by atoms with Gasteiger partial charge in [0.25, 0.3) is 0 Å². The summed E-state index contributed by atoms with van der Waals surface area (Å²) in [6.45, 7) is 1.35. The summed E-state index contributed by atoms with van der Waals surface area (Å²) in [6.07, 6.45) is 2.09. The van der Waals surface area contributed by atoms with Crippen LogP contribution >= 0.6 is 0 Å².